The molecule has 0 spiro atoms. The first kappa shape index (κ1) is 26.7. The van der Waals surface area contributed by atoms with Gasteiger partial charge in [-0.15, -0.1) is 12.4 Å². The summed E-state index contributed by atoms with van der Waals surface area (Å²) in [5, 5.41) is 9.58. The largest absolute Gasteiger partial charge is 0.342 e. The number of nitrogens with one attached hydrogen (secondary N) is 2. The quantitative estimate of drug-likeness (QED) is 0.353. The zero-order valence-corrected chi connectivity index (χ0v) is 21.3. The topological polar surface area (TPSA) is 44.4 Å². The van der Waals surface area contributed by atoms with Crippen LogP contribution in [0.3, 0.4) is 0 Å². The minimum absolute atomic E-state index is 0. The summed E-state index contributed by atoms with van der Waals surface area (Å²) in [5.41, 5.74) is 1.14. The number of hydrogen-bond donors (Lipinski definition) is 2. The summed E-state index contributed by atoms with van der Waals surface area (Å²) in [6.45, 7) is 5.91. The third-order valence-corrected chi connectivity index (χ3v) is 7.47. The third kappa shape index (κ3) is 8.11. The molecule has 1 heterocycles. The highest BCUT2D eigenvalue weighted by atomic mass is 35.5. The number of nitrogens with zero attached hydrogens (tertiary/aromatic N) is 1. The molecule has 0 unspecified atom stereocenters. The molecule has 5 heteroatoms. The predicted molar refractivity (Wildman–Crippen MR) is 146 cm³/mol. The van der Waals surface area contributed by atoms with E-state index in [0.717, 1.165) is 57.0 Å². The molecule has 2 aromatic carbocycles. The second kappa shape index (κ2) is 14.5. The summed E-state index contributed by atoms with van der Waals surface area (Å²) in [6.07, 6.45) is 14.3. The van der Waals surface area contributed by atoms with Crippen molar-refractivity contribution in [3.8, 4) is 0 Å². The number of benzene rings is 2. The van der Waals surface area contributed by atoms with E-state index in [1.54, 1.807) is 0 Å². The number of carbonyl (C=O) groups is 1. The van der Waals surface area contributed by atoms with Crippen molar-refractivity contribution in [3.05, 3.63) is 60.2 Å². The van der Waals surface area contributed by atoms with Crippen LogP contribution in [0.4, 0.5) is 0 Å². The highest BCUT2D eigenvalue weighted by Crippen LogP contribution is 2.23. The van der Waals surface area contributed by atoms with Gasteiger partial charge >= 0.3 is 0 Å². The zero-order valence-electron chi connectivity index (χ0n) is 20.5. The van der Waals surface area contributed by atoms with E-state index in [1.807, 2.05) is 0 Å². The summed E-state index contributed by atoms with van der Waals surface area (Å²) in [5.74, 6) is 1.83. The van der Waals surface area contributed by atoms with E-state index in [2.05, 4.69) is 70.2 Å². The van der Waals surface area contributed by atoms with Crippen molar-refractivity contribution < 1.29 is 4.79 Å². The number of halogens is 1. The number of hydrogen-bond acceptors (Lipinski definition) is 3. The van der Waals surface area contributed by atoms with Gasteiger partial charge in [0, 0.05) is 26.2 Å². The van der Waals surface area contributed by atoms with Crippen molar-refractivity contribution >= 4 is 29.1 Å². The summed E-state index contributed by atoms with van der Waals surface area (Å²) < 4.78 is 0. The summed E-state index contributed by atoms with van der Waals surface area (Å²) >= 11 is 0. The summed E-state index contributed by atoms with van der Waals surface area (Å²) in [7, 11) is 0. The maximum Gasteiger partial charge on any atom is 0.227 e. The van der Waals surface area contributed by atoms with E-state index in [0.29, 0.717) is 12.3 Å². The van der Waals surface area contributed by atoms with E-state index in [-0.39, 0.29) is 18.3 Å². The van der Waals surface area contributed by atoms with Crippen LogP contribution >= 0.6 is 12.4 Å². The second-order valence-electron chi connectivity index (χ2n) is 9.93. The van der Waals surface area contributed by atoms with Gasteiger partial charge in [0.05, 0.1) is 6.42 Å². The number of amides is 1. The van der Waals surface area contributed by atoms with Gasteiger partial charge < -0.3 is 15.5 Å². The van der Waals surface area contributed by atoms with Crippen molar-refractivity contribution in [1.29, 1.82) is 0 Å². The minimum Gasteiger partial charge on any atom is -0.342 e. The molecule has 1 aliphatic heterocycles. The first-order valence-corrected chi connectivity index (χ1v) is 13.1. The molecule has 4 rings (SSSR count). The average Bonchev–Trinajstić information content (AvgIpc) is 2.87. The van der Waals surface area contributed by atoms with Crippen LogP contribution in [0.25, 0.3) is 10.8 Å². The van der Waals surface area contributed by atoms with Crippen molar-refractivity contribution in [2.45, 2.75) is 51.4 Å². The number of likely N-dealkylation sites (tertiary alicyclic amines) is 1. The molecule has 1 saturated carbocycles. The van der Waals surface area contributed by atoms with Crippen LogP contribution in [-0.2, 0) is 11.2 Å². The van der Waals surface area contributed by atoms with Crippen LogP contribution in [0.15, 0.2) is 54.6 Å². The van der Waals surface area contributed by atoms with E-state index in [9.17, 15) is 4.79 Å². The Kier molecular flexibility index (Phi) is 11.4. The SMILES string of the molecule is Cl.O=C(Cc1cccc2ccccc12)N1CCC(CNC/C=C\CNCC2CCCCC2)CC1. The smallest absolute Gasteiger partial charge is 0.227 e. The lowest BCUT2D eigenvalue weighted by molar-refractivity contribution is -0.131. The summed E-state index contributed by atoms with van der Waals surface area (Å²) in [6, 6.07) is 14.6. The fraction of sp³-hybridized carbons (Fsp3) is 0.552. The molecule has 34 heavy (non-hydrogen) atoms. The molecule has 2 aromatic rings. The van der Waals surface area contributed by atoms with Gasteiger partial charge in [-0.05, 0) is 66.9 Å². The molecular weight excluding hydrogens is 442 g/mol. The van der Waals surface area contributed by atoms with Crippen LogP contribution in [0.5, 0.6) is 0 Å². The van der Waals surface area contributed by atoms with Gasteiger partial charge in [-0.3, -0.25) is 4.79 Å². The minimum atomic E-state index is 0. The zero-order chi connectivity index (χ0) is 22.7. The molecule has 2 N–H and O–H groups in total. The number of carbonyl (C=O) groups excluding carboxylic acids is 1. The molecule has 0 radical (unpaired) electrons. The van der Waals surface area contributed by atoms with Crippen LogP contribution < -0.4 is 10.6 Å². The molecule has 4 nitrogen and oxygen atoms in total. The Morgan fingerprint density at radius 2 is 1.44 bits per heavy atom. The van der Waals surface area contributed by atoms with Crippen LogP contribution in [0.1, 0.15) is 50.5 Å². The van der Waals surface area contributed by atoms with Crippen LogP contribution in [0, 0.1) is 11.8 Å². The van der Waals surface area contributed by atoms with Gasteiger partial charge in [0.1, 0.15) is 0 Å². The molecule has 1 amide bonds. The van der Waals surface area contributed by atoms with E-state index in [1.165, 1.54) is 49.4 Å². The number of rotatable bonds is 10. The highest BCUT2D eigenvalue weighted by molar-refractivity contribution is 5.90. The van der Waals surface area contributed by atoms with Gasteiger partial charge in [-0.2, -0.15) is 0 Å². The molecule has 2 aliphatic rings. The molecule has 1 aliphatic carbocycles. The fourth-order valence-corrected chi connectivity index (χ4v) is 5.41. The van der Waals surface area contributed by atoms with Gasteiger partial charge in [0.25, 0.3) is 0 Å². The lowest BCUT2D eigenvalue weighted by Gasteiger charge is -2.32. The predicted octanol–water partition coefficient (Wildman–Crippen LogP) is 5.36. The molecule has 0 bridgehead atoms. The maximum absolute atomic E-state index is 12.9. The number of fused-ring (bicyclic) bond motifs is 1. The molecular formula is C29H42ClN3O. The fourth-order valence-electron chi connectivity index (χ4n) is 5.41. The average molecular weight is 484 g/mol. The second-order valence-corrected chi connectivity index (χ2v) is 9.93. The van der Waals surface area contributed by atoms with Crippen molar-refractivity contribution in [1.82, 2.24) is 15.5 Å². The highest BCUT2D eigenvalue weighted by Gasteiger charge is 2.22. The standard InChI is InChI=1S/C29H41N3O.ClH/c33-29(21-27-13-8-12-26-11-4-5-14-28(26)27)32-19-15-25(16-20-32)23-31-18-7-6-17-30-22-24-9-2-1-3-10-24;/h4-8,11-14,24-25,30-31H,1-3,9-10,15-23H2;1H/b7-6-;. The van der Waals surface area contributed by atoms with E-state index < -0.39 is 0 Å². The lowest BCUT2D eigenvalue weighted by Crippen LogP contribution is -2.41. The van der Waals surface area contributed by atoms with Crippen molar-refractivity contribution in [2.24, 2.45) is 11.8 Å². The first-order valence-electron chi connectivity index (χ1n) is 13.1. The van der Waals surface area contributed by atoms with Gasteiger partial charge in [-0.25, -0.2) is 0 Å². The Balaban J connectivity index is 0.00000324. The maximum atomic E-state index is 12.9. The van der Waals surface area contributed by atoms with Crippen molar-refractivity contribution in [3.63, 3.8) is 0 Å². The Morgan fingerprint density at radius 3 is 2.15 bits per heavy atom. The van der Waals surface area contributed by atoms with Gasteiger partial charge in [0.15, 0.2) is 0 Å². The molecule has 0 atom stereocenters. The Bertz CT molecular complexity index is 896. The van der Waals surface area contributed by atoms with Gasteiger partial charge in [0.2, 0.25) is 5.91 Å². The molecule has 2 fully saturated rings. The Labute approximate surface area is 212 Å². The Hall–Kier alpha value is -1.88. The van der Waals surface area contributed by atoms with E-state index >= 15 is 0 Å². The van der Waals surface area contributed by atoms with Crippen LogP contribution in [0.2, 0.25) is 0 Å². The normalized spacial score (nSPS) is 17.8. The first-order chi connectivity index (χ1) is 16.3. The third-order valence-electron chi connectivity index (χ3n) is 7.47. The van der Waals surface area contributed by atoms with Gasteiger partial charge in [-0.1, -0.05) is 73.9 Å². The van der Waals surface area contributed by atoms with E-state index in [4.69, 9.17) is 0 Å². The number of piperidine rings is 1. The van der Waals surface area contributed by atoms with Crippen LogP contribution in [-0.4, -0.2) is 50.1 Å². The molecule has 1 saturated heterocycles. The monoisotopic (exact) mass is 483 g/mol. The molecule has 186 valence electrons. The summed E-state index contributed by atoms with van der Waals surface area (Å²) in [4.78, 5) is 15.0. The lowest BCUT2D eigenvalue weighted by atomic mass is 9.89. The molecule has 0 aromatic heterocycles. The van der Waals surface area contributed by atoms with Crippen molar-refractivity contribution in [2.75, 3.05) is 39.3 Å². The Morgan fingerprint density at radius 1 is 0.824 bits per heavy atom.